The monoisotopic (exact) mass is 189 g/mol. The van der Waals surface area contributed by atoms with Gasteiger partial charge in [-0.25, -0.2) is 4.98 Å². The Morgan fingerprint density at radius 2 is 2.14 bits per heavy atom. The van der Waals surface area contributed by atoms with Gasteiger partial charge in [0.05, 0.1) is 0 Å². The molecule has 0 saturated heterocycles. The Balaban J connectivity index is 2.10. The Kier molecular flexibility index (Phi) is 1.50. The molecule has 1 aliphatic rings. The van der Waals surface area contributed by atoms with Crippen LogP contribution in [0.5, 0.6) is 0 Å². The van der Waals surface area contributed by atoms with Crippen LogP contribution in [0.2, 0.25) is 0 Å². The number of nitrogens with zero attached hydrogens (tertiary/aromatic N) is 2. The summed E-state index contributed by atoms with van der Waals surface area (Å²) in [4.78, 5) is 8.48. The van der Waals surface area contributed by atoms with Gasteiger partial charge in [-0.3, -0.25) is 0 Å². The molecule has 0 amide bonds. The van der Waals surface area contributed by atoms with Crippen molar-refractivity contribution < 1.29 is 4.42 Å². The van der Waals surface area contributed by atoms with Crippen molar-refractivity contribution in [3.05, 3.63) is 18.0 Å². The lowest BCUT2D eigenvalue weighted by Crippen LogP contribution is -2.08. The molecule has 0 spiro atoms. The van der Waals surface area contributed by atoms with Gasteiger partial charge in [0, 0.05) is 5.92 Å². The SMILES string of the molecule is Nc1ccc2nc(C3CCC3)oc2n1. The van der Waals surface area contributed by atoms with Gasteiger partial charge in [0.1, 0.15) is 11.3 Å². The van der Waals surface area contributed by atoms with Crippen LogP contribution < -0.4 is 5.73 Å². The molecule has 72 valence electrons. The average Bonchev–Trinajstić information content (AvgIpc) is 2.43. The van der Waals surface area contributed by atoms with E-state index in [2.05, 4.69) is 9.97 Å². The van der Waals surface area contributed by atoms with Crippen LogP contribution in [-0.4, -0.2) is 9.97 Å². The van der Waals surface area contributed by atoms with E-state index in [1.54, 1.807) is 6.07 Å². The Bertz CT molecular complexity index is 473. The third-order valence-corrected chi connectivity index (χ3v) is 2.75. The number of aromatic nitrogens is 2. The van der Waals surface area contributed by atoms with Crippen molar-refractivity contribution in [1.29, 1.82) is 0 Å². The summed E-state index contributed by atoms with van der Waals surface area (Å²) >= 11 is 0. The third kappa shape index (κ3) is 1.07. The van der Waals surface area contributed by atoms with E-state index in [4.69, 9.17) is 10.2 Å². The second kappa shape index (κ2) is 2.70. The number of pyridine rings is 1. The van der Waals surface area contributed by atoms with Crippen LogP contribution in [0.4, 0.5) is 5.82 Å². The maximum absolute atomic E-state index is 5.56. The van der Waals surface area contributed by atoms with Crippen LogP contribution >= 0.6 is 0 Å². The van der Waals surface area contributed by atoms with E-state index in [0.29, 0.717) is 17.4 Å². The molecule has 1 saturated carbocycles. The zero-order valence-corrected chi connectivity index (χ0v) is 7.73. The molecule has 4 nitrogen and oxygen atoms in total. The summed E-state index contributed by atoms with van der Waals surface area (Å²) in [7, 11) is 0. The van der Waals surface area contributed by atoms with Gasteiger partial charge in [-0.15, -0.1) is 0 Å². The van der Waals surface area contributed by atoms with Crippen molar-refractivity contribution >= 4 is 17.0 Å². The van der Waals surface area contributed by atoms with Crippen LogP contribution in [0.1, 0.15) is 31.1 Å². The molecule has 1 fully saturated rings. The van der Waals surface area contributed by atoms with Crippen molar-refractivity contribution in [2.75, 3.05) is 5.73 Å². The number of nitrogens with two attached hydrogens (primary N) is 1. The molecule has 0 bridgehead atoms. The predicted octanol–water partition coefficient (Wildman–Crippen LogP) is 2.07. The highest BCUT2D eigenvalue weighted by molar-refractivity contribution is 5.70. The maximum Gasteiger partial charge on any atom is 0.248 e. The van der Waals surface area contributed by atoms with Crippen molar-refractivity contribution in [1.82, 2.24) is 9.97 Å². The first-order chi connectivity index (χ1) is 6.83. The second-order valence-corrected chi connectivity index (χ2v) is 3.74. The number of hydrogen-bond donors (Lipinski definition) is 1. The molecule has 2 aromatic heterocycles. The van der Waals surface area contributed by atoms with Gasteiger partial charge in [-0.2, -0.15) is 4.98 Å². The normalized spacial score (nSPS) is 17.1. The molecule has 0 unspecified atom stereocenters. The first-order valence-corrected chi connectivity index (χ1v) is 4.86. The Labute approximate surface area is 81.1 Å². The van der Waals surface area contributed by atoms with Crippen LogP contribution in [0.3, 0.4) is 0 Å². The van der Waals surface area contributed by atoms with Crippen LogP contribution in [0.25, 0.3) is 11.2 Å². The maximum atomic E-state index is 5.56. The number of hydrogen-bond acceptors (Lipinski definition) is 4. The smallest absolute Gasteiger partial charge is 0.248 e. The number of rotatable bonds is 1. The van der Waals surface area contributed by atoms with E-state index in [1.807, 2.05) is 6.07 Å². The summed E-state index contributed by atoms with van der Waals surface area (Å²) in [6.45, 7) is 0. The Morgan fingerprint density at radius 3 is 2.86 bits per heavy atom. The number of anilines is 1. The van der Waals surface area contributed by atoms with E-state index >= 15 is 0 Å². The second-order valence-electron chi connectivity index (χ2n) is 3.74. The minimum absolute atomic E-state index is 0.480. The van der Waals surface area contributed by atoms with E-state index in [1.165, 1.54) is 19.3 Å². The van der Waals surface area contributed by atoms with Crippen LogP contribution in [0, 0.1) is 0 Å². The summed E-state index contributed by atoms with van der Waals surface area (Å²) in [6.07, 6.45) is 3.64. The van der Waals surface area contributed by atoms with E-state index in [-0.39, 0.29) is 0 Å². The lowest BCUT2D eigenvalue weighted by atomic mass is 9.85. The standard InChI is InChI=1S/C10H11N3O/c11-8-5-4-7-10(13-8)14-9(12-7)6-2-1-3-6/h4-6H,1-3H2,(H2,11,13). The van der Waals surface area contributed by atoms with Crippen LogP contribution in [-0.2, 0) is 0 Å². The molecule has 14 heavy (non-hydrogen) atoms. The van der Waals surface area contributed by atoms with E-state index in [9.17, 15) is 0 Å². The molecule has 2 aromatic rings. The molecular weight excluding hydrogens is 178 g/mol. The summed E-state index contributed by atoms with van der Waals surface area (Å²) in [5.41, 5.74) is 6.93. The van der Waals surface area contributed by atoms with Gasteiger partial charge >= 0.3 is 0 Å². The molecule has 0 aliphatic heterocycles. The zero-order chi connectivity index (χ0) is 9.54. The molecule has 2 N–H and O–H groups in total. The predicted molar refractivity (Wildman–Crippen MR) is 52.8 cm³/mol. The van der Waals surface area contributed by atoms with Crippen LogP contribution in [0.15, 0.2) is 16.5 Å². The van der Waals surface area contributed by atoms with Crippen molar-refractivity contribution in [2.45, 2.75) is 25.2 Å². The molecule has 0 radical (unpaired) electrons. The summed E-state index contributed by atoms with van der Waals surface area (Å²) < 4.78 is 5.55. The highest BCUT2D eigenvalue weighted by atomic mass is 16.4. The molecule has 3 rings (SSSR count). The third-order valence-electron chi connectivity index (χ3n) is 2.75. The highest BCUT2D eigenvalue weighted by Crippen LogP contribution is 2.36. The summed E-state index contributed by atoms with van der Waals surface area (Å²) in [5, 5.41) is 0. The topological polar surface area (TPSA) is 64.9 Å². The average molecular weight is 189 g/mol. The molecule has 4 heteroatoms. The lowest BCUT2D eigenvalue weighted by Gasteiger charge is -2.21. The van der Waals surface area contributed by atoms with E-state index in [0.717, 1.165) is 11.4 Å². The Hall–Kier alpha value is -1.58. The van der Waals surface area contributed by atoms with Crippen molar-refractivity contribution in [3.8, 4) is 0 Å². The van der Waals surface area contributed by atoms with Crippen molar-refractivity contribution in [2.24, 2.45) is 0 Å². The highest BCUT2D eigenvalue weighted by Gasteiger charge is 2.24. The molecular formula is C10H11N3O. The Morgan fingerprint density at radius 1 is 1.29 bits per heavy atom. The minimum Gasteiger partial charge on any atom is -0.422 e. The minimum atomic E-state index is 0.480. The number of nitrogen functional groups attached to an aromatic ring is 1. The number of oxazole rings is 1. The quantitative estimate of drug-likeness (QED) is 0.745. The summed E-state index contributed by atoms with van der Waals surface area (Å²) in [5.74, 6) is 1.81. The van der Waals surface area contributed by atoms with Gasteiger partial charge in [0.25, 0.3) is 0 Å². The fraction of sp³-hybridized carbons (Fsp3) is 0.400. The zero-order valence-electron chi connectivity index (χ0n) is 7.73. The van der Waals surface area contributed by atoms with Gasteiger partial charge < -0.3 is 10.2 Å². The van der Waals surface area contributed by atoms with Gasteiger partial charge in [-0.05, 0) is 25.0 Å². The van der Waals surface area contributed by atoms with Gasteiger partial charge in [0.15, 0.2) is 0 Å². The first-order valence-electron chi connectivity index (χ1n) is 4.86. The summed E-state index contributed by atoms with van der Waals surface area (Å²) in [6, 6.07) is 3.60. The van der Waals surface area contributed by atoms with Gasteiger partial charge in [-0.1, -0.05) is 6.42 Å². The fourth-order valence-electron chi connectivity index (χ4n) is 1.68. The lowest BCUT2D eigenvalue weighted by molar-refractivity contribution is 0.342. The molecule has 2 heterocycles. The van der Waals surface area contributed by atoms with E-state index < -0.39 is 0 Å². The molecule has 1 aliphatic carbocycles. The van der Waals surface area contributed by atoms with Crippen molar-refractivity contribution in [3.63, 3.8) is 0 Å². The number of fused-ring (bicyclic) bond motifs is 1. The fourth-order valence-corrected chi connectivity index (χ4v) is 1.68. The molecule has 0 atom stereocenters. The van der Waals surface area contributed by atoms with Gasteiger partial charge in [0.2, 0.25) is 11.6 Å². The molecule has 0 aromatic carbocycles. The largest absolute Gasteiger partial charge is 0.422 e. The first kappa shape index (κ1) is 7.79.